The van der Waals surface area contributed by atoms with Gasteiger partial charge in [-0.05, 0) is 6.42 Å². The lowest BCUT2D eigenvalue weighted by atomic mass is 10.0. The summed E-state index contributed by atoms with van der Waals surface area (Å²) in [4.78, 5) is 27.2. The predicted molar refractivity (Wildman–Crippen MR) is 60.2 cm³/mol. The van der Waals surface area contributed by atoms with Crippen molar-refractivity contribution in [2.75, 3.05) is 0 Å². The first-order valence-corrected chi connectivity index (χ1v) is 5.72. The van der Waals surface area contributed by atoms with Crippen molar-refractivity contribution in [3.8, 4) is 17.4 Å². The summed E-state index contributed by atoms with van der Waals surface area (Å²) in [5.41, 5.74) is 0. The van der Waals surface area contributed by atoms with E-state index in [9.17, 15) is 14.7 Å². The van der Waals surface area contributed by atoms with Crippen molar-refractivity contribution in [2.24, 2.45) is 5.92 Å². The van der Waals surface area contributed by atoms with Crippen LogP contribution in [0.5, 0.6) is 17.4 Å². The lowest BCUT2D eigenvalue weighted by molar-refractivity contribution is -0.145. The Hall–Kier alpha value is -2.11. The van der Waals surface area contributed by atoms with Gasteiger partial charge in [-0.3, -0.25) is 9.59 Å². The zero-order valence-corrected chi connectivity index (χ0v) is 9.88. The molecular formula is C12H13NO5. The van der Waals surface area contributed by atoms with Crippen molar-refractivity contribution < 1.29 is 24.2 Å². The normalized spacial score (nSPS) is 19.3. The highest BCUT2D eigenvalue weighted by Crippen LogP contribution is 2.35. The SMILES string of the molecule is CCCC1CC(=O)Oc2nccc(c2O)OC1=O. The van der Waals surface area contributed by atoms with Gasteiger partial charge < -0.3 is 14.6 Å². The smallest absolute Gasteiger partial charge is 0.315 e. The number of pyridine rings is 1. The fraction of sp³-hybridized carbons (Fsp3) is 0.417. The number of hydrogen-bond acceptors (Lipinski definition) is 6. The third-order valence-electron chi connectivity index (χ3n) is 2.66. The second-order valence-electron chi connectivity index (χ2n) is 4.05. The van der Waals surface area contributed by atoms with Crippen molar-refractivity contribution in [2.45, 2.75) is 26.2 Å². The fourth-order valence-electron chi connectivity index (χ4n) is 1.77. The van der Waals surface area contributed by atoms with Gasteiger partial charge in [-0.2, -0.15) is 0 Å². The quantitative estimate of drug-likeness (QED) is 0.800. The van der Waals surface area contributed by atoms with E-state index in [0.717, 1.165) is 6.42 Å². The average Bonchev–Trinajstić information content (AvgIpc) is 2.35. The second kappa shape index (κ2) is 5.03. The number of nitrogens with zero attached hydrogens (tertiary/aromatic N) is 1. The number of carbonyl (C=O) groups is 2. The van der Waals surface area contributed by atoms with E-state index in [0.29, 0.717) is 6.42 Å². The molecule has 6 nitrogen and oxygen atoms in total. The predicted octanol–water partition coefficient (Wildman–Crippen LogP) is 1.42. The molecule has 6 heteroatoms. The third kappa shape index (κ3) is 2.42. The van der Waals surface area contributed by atoms with Crippen molar-refractivity contribution in [1.29, 1.82) is 0 Å². The lowest BCUT2D eigenvalue weighted by Gasteiger charge is -2.11. The molecule has 1 unspecified atom stereocenters. The van der Waals surface area contributed by atoms with Crippen LogP contribution < -0.4 is 9.47 Å². The molecule has 0 aliphatic carbocycles. The van der Waals surface area contributed by atoms with Crippen LogP contribution >= 0.6 is 0 Å². The van der Waals surface area contributed by atoms with Crippen LogP contribution in [0.25, 0.3) is 0 Å². The molecule has 96 valence electrons. The van der Waals surface area contributed by atoms with Crippen molar-refractivity contribution in [1.82, 2.24) is 4.98 Å². The Kier molecular flexibility index (Phi) is 3.45. The van der Waals surface area contributed by atoms with Crippen molar-refractivity contribution >= 4 is 11.9 Å². The number of rotatable bonds is 2. The number of hydrogen-bond donors (Lipinski definition) is 1. The van der Waals surface area contributed by atoms with Crippen LogP contribution in [0.1, 0.15) is 26.2 Å². The maximum atomic E-state index is 11.9. The number of aromatic hydroxyl groups is 1. The minimum Gasteiger partial charge on any atom is -0.500 e. The summed E-state index contributed by atoms with van der Waals surface area (Å²) in [6.07, 6.45) is 2.49. The number of ether oxygens (including phenoxy) is 2. The number of aromatic nitrogens is 1. The standard InChI is InChI=1S/C12H13NO5/c1-2-3-7-6-9(14)18-11-10(15)8(4-5-13-11)17-12(7)16/h4-5,7,15H,2-3,6H2,1H3. The number of fused-ring (bicyclic) bond motifs is 2. The summed E-state index contributed by atoms with van der Waals surface area (Å²) in [5, 5.41) is 9.71. The molecule has 1 N–H and O–H groups in total. The fourth-order valence-corrected chi connectivity index (χ4v) is 1.77. The van der Waals surface area contributed by atoms with Crippen LogP contribution in [-0.2, 0) is 9.59 Å². The van der Waals surface area contributed by atoms with E-state index in [-0.39, 0.29) is 18.1 Å². The van der Waals surface area contributed by atoms with E-state index in [2.05, 4.69) is 4.98 Å². The van der Waals surface area contributed by atoms with Gasteiger partial charge in [-0.1, -0.05) is 13.3 Å². The van der Waals surface area contributed by atoms with Gasteiger partial charge in [0.1, 0.15) is 0 Å². The molecule has 0 saturated heterocycles. The molecule has 1 atom stereocenters. The van der Waals surface area contributed by atoms with E-state index in [1.165, 1.54) is 12.3 Å². The van der Waals surface area contributed by atoms with Crippen LogP contribution in [0.4, 0.5) is 0 Å². The second-order valence-corrected chi connectivity index (χ2v) is 4.05. The largest absolute Gasteiger partial charge is 0.500 e. The molecule has 1 aromatic heterocycles. The first-order valence-electron chi connectivity index (χ1n) is 5.72. The summed E-state index contributed by atoms with van der Waals surface area (Å²) in [5.74, 6) is -2.41. The van der Waals surface area contributed by atoms with Crippen LogP contribution in [0.15, 0.2) is 12.3 Å². The molecular weight excluding hydrogens is 238 g/mol. The molecule has 1 aliphatic rings. The zero-order chi connectivity index (χ0) is 13.1. The minimum absolute atomic E-state index is 0.0409. The number of esters is 2. The van der Waals surface area contributed by atoms with E-state index >= 15 is 0 Å². The highest BCUT2D eigenvalue weighted by molar-refractivity contribution is 5.84. The summed E-state index contributed by atoms with van der Waals surface area (Å²) in [6.45, 7) is 1.91. The Morgan fingerprint density at radius 3 is 2.94 bits per heavy atom. The molecule has 1 aliphatic heterocycles. The Balaban J connectivity index is 2.35. The van der Waals surface area contributed by atoms with Crippen LogP contribution in [-0.4, -0.2) is 22.0 Å². The topological polar surface area (TPSA) is 85.7 Å². The summed E-state index contributed by atoms with van der Waals surface area (Å²) in [6, 6.07) is 1.35. The van der Waals surface area contributed by atoms with Crippen molar-refractivity contribution in [3.05, 3.63) is 12.3 Å². The third-order valence-corrected chi connectivity index (χ3v) is 2.66. The molecule has 0 aromatic carbocycles. The van der Waals surface area contributed by atoms with Crippen LogP contribution in [0.3, 0.4) is 0 Å². The Bertz CT molecular complexity index is 485. The van der Waals surface area contributed by atoms with Gasteiger partial charge in [0.05, 0.1) is 12.3 Å². The average molecular weight is 251 g/mol. The van der Waals surface area contributed by atoms with Gasteiger partial charge >= 0.3 is 11.9 Å². The maximum absolute atomic E-state index is 11.9. The first kappa shape index (κ1) is 12.3. The summed E-state index contributed by atoms with van der Waals surface area (Å²) < 4.78 is 9.96. The van der Waals surface area contributed by atoms with Gasteiger partial charge in [0, 0.05) is 12.3 Å². The van der Waals surface area contributed by atoms with Crippen molar-refractivity contribution in [3.63, 3.8) is 0 Å². The van der Waals surface area contributed by atoms with Crippen LogP contribution in [0.2, 0.25) is 0 Å². The van der Waals surface area contributed by atoms with Gasteiger partial charge in [-0.25, -0.2) is 4.98 Å². The molecule has 1 aromatic rings. The maximum Gasteiger partial charge on any atom is 0.315 e. The Morgan fingerprint density at radius 1 is 1.44 bits per heavy atom. The molecule has 0 amide bonds. The molecule has 0 radical (unpaired) electrons. The number of carbonyl (C=O) groups excluding carboxylic acids is 2. The zero-order valence-electron chi connectivity index (χ0n) is 9.88. The minimum atomic E-state index is -0.604. The Labute approximate surface area is 104 Å². The van der Waals surface area contributed by atoms with E-state index < -0.39 is 23.6 Å². The molecule has 0 spiro atoms. The highest BCUT2D eigenvalue weighted by atomic mass is 16.6. The first-order chi connectivity index (χ1) is 8.61. The Morgan fingerprint density at radius 2 is 2.22 bits per heavy atom. The summed E-state index contributed by atoms with van der Waals surface area (Å²) >= 11 is 0. The molecule has 2 heterocycles. The lowest BCUT2D eigenvalue weighted by Crippen LogP contribution is -2.24. The molecule has 2 rings (SSSR count). The van der Waals surface area contributed by atoms with Gasteiger partial charge in [-0.15, -0.1) is 0 Å². The monoisotopic (exact) mass is 251 g/mol. The molecule has 2 bridgehead atoms. The van der Waals surface area contributed by atoms with Gasteiger partial charge in [0.2, 0.25) is 5.75 Å². The van der Waals surface area contributed by atoms with Crippen LogP contribution in [0, 0.1) is 5.92 Å². The van der Waals surface area contributed by atoms with E-state index in [4.69, 9.17) is 9.47 Å². The molecule has 0 fully saturated rings. The van der Waals surface area contributed by atoms with E-state index in [1.807, 2.05) is 6.92 Å². The van der Waals surface area contributed by atoms with E-state index in [1.54, 1.807) is 0 Å². The van der Waals surface area contributed by atoms with Gasteiger partial charge in [0.15, 0.2) is 5.75 Å². The highest BCUT2D eigenvalue weighted by Gasteiger charge is 2.28. The summed E-state index contributed by atoms with van der Waals surface area (Å²) in [7, 11) is 0. The molecule has 0 saturated carbocycles. The molecule has 18 heavy (non-hydrogen) atoms. The van der Waals surface area contributed by atoms with Gasteiger partial charge in [0.25, 0.3) is 5.88 Å².